The number of halogens is 1. The van der Waals surface area contributed by atoms with E-state index in [4.69, 9.17) is 10.5 Å². The SMILES string of the molecule is COC(=O)C(N)Cc1c[nH]c2cc(F)c(OC)cc12. The molecule has 1 heterocycles. The van der Waals surface area contributed by atoms with E-state index in [0.29, 0.717) is 11.9 Å². The second-order valence-corrected chi connectivity index (χ2v) is 4.18. The molecule has 0 aliphatic carbocycles. The van der Waals surface area contributed by atoms with Gasteiger partial charge in [0.15, 0.2) is 11.6 Å². The lowest BCUT2D eigenvalue weighted by molar-refractivity contribution is -0.142. The zero-order valence-corrected chi connectivity index (χ0v) is 10.7. The standard InChI is InChI=1S/C13H15FN2O3/c1-18-12-4-8-7(3-10(15)13(17)19-2)6-16-11(8)5-9(12)14/h4-6,10,16H,3,15H2,1-2H3. The molecule has 2 rings (SSSR count). The number of carbonyl (C=O) groups is 1. The van der Waals surface area contributed by atoms with Crippen molar-refractivity contribution in [1.82, 2.24) is 4.98 Å². The van der Waals surface area contributed by atoms with E-state index in [2.05, 4.69) is 9.72 Å². The van der Waals surface area contributed by atoms with Crippen molar-refractivity contribution < 1.29 is 18.7 Å². The first-order valence-electron chi connectivity index (χ1n) is 5.73. The number of methoxy groups -OCH3 is 2. The number of aromatic nitrogens is 1. The topological polar surface area (TPSA) is 77.3 Å². The average molecular weight is 266 g/mol. The Morgan fingerprint density at radius 2 is 2.21 bits per heavy atom. The number of H-pyrrole nitrogens is 1. The zero-order valence-electron chi connectivity index (χ0n) is 10.7. The Balaban J connectivity index is 2.36. The Morgan fingerprint density at radius 3 is 2.84 bits per heavy atom. The number of carbonyl (C=O) groups excluding carboxylic acids is 1. The number of nitrogens with two attached hydrogens (primary N) is 1. The average Bonchev–Trinajstić information content (AvgIpc) is 2.78. The van der Waals surface area contributed by atoms with Crippen LogP contribution in [0.4, 0.5) is 4.39 Å². The summed E-state index contributed by atoms with van der Waals surface area (Å²) >= 11 is 0. The molecule has 0 radical (unpaired) electrons. The molecule has 1 aromatic carbocycles. The van der Waals surface area contributed by atoms with Crippen molar-refractivity contribution in [2.75, 3.05) is 14.2 Å². The highest BCUT2D eigenvalue weighted by Crippen LogP contribution is 2.27. The molecule has 5 nitrogen and oxygen atoms in total. The predicted molar refractivity (Wildman–Crippen MR) is 68.5 cm³/mol. The molecule has 0 aliphatic rings. The van der Waals surface area contributed by atoms with E-state index < -0.39 is 17.8 Å². The highest BCUT2D eigenvalue weighted by Gasteiger charge is 2.17. The molecule has 0 spiro atoms. The van der Waals surface area contributed by atoms with E-state index in [9.17, 15) is 9.18 Å². The van der Waals surface area contributed by atoms with Crippen LogP contribution in [0.2, 0.25) is 0 Å². The minimum atomic E-state index is -0.750. The number of esters is 1. The maximum Gasteiger partial charge on any atom is 0.322 e. The lowest BCUT2D eigenvalue weighted by Crippen LogP contribution is -2.33. The van der Waals surface area contributed by atoms with Gasteiger partial charge in [-0.3, -0.25) is 4.79 Å². The van der Waals surface area contributed by atoms with Crippen molar-refractivity contribution in [3.63, 3.8) is 0 Å². The summed E-state index contributed by atoms with van der Waals surface area (Å²) in [7, 11) is 2.69. The summed E-state index contributed by atoms with van der Waals surface area (Å²) < 4.78 is 23.0. The summed E-state index contributed by atoms with van der Waals surface area (Å²) in [5.74, 6) is -0.774. The maximum absolute atomic E-state index is 13.5. The molecule has 1 atom stereocenters. The zero-order chi connectivity index (χ0) is 14.0. The van der Waals surface area contributed by atoms with Crippen LogP contribution in [-0.4, -0.2) is 31.2 Å². The number of rotatable bonds is 4. The third kappa shape index (κ3) is 2.53. The smallest absolute Gasteiger partial charge is 0.322 e. The summed E-state index contributed by atoms with van der Waals surface area (Å²) in [4.78, 5) is 14.2. The van der Waals surface area contributed by atoms with Crippen molar-refractivity contribution in [3.8, 4) is 5.75 Å². The normalized spacial score (nSPS) is 12.4. The van der Waals surface area contributed by atoms with Gasteiger partial charge >= 0.3 is 5.97 Å². The van der Waals surface area contributed by atoms with Gasteiger partial charge in [-0.05, 0) is 11.6 Å². The molecule has 3 N–H and O–H groups in total. The maximum atomic E-state index is 13.5. The Kier molecular flexibility index (Phi) is 3.71. The number of hydrogen-bond acceptors (Lipinski definition) is 4. The molecule has 0 saturated heterocycles. The fourth-order valence-corrected chi connectivity index (χ4v) is 1.98. The van der Waals surface area contributed by atoms with E-state index in [1.807, 2.05) is 0 Å². The Hall–Kier alpha value is -2.08. The van der Waals surface area contributed by atoms with Gasteiger partial charge in [-0.25, -0.2) is 4.39 Å². The molecule has 1 unspecified atom stereocenters. The number of hydrogen-bond donors (Lipinski definition) is 2. The van der Waals surface area contributed by atoms with E-state index in [0.717, 1.165) is 10.9 Å². The van der Waals surface area contributed by atoms with Crippen LogP contribution in [0.5, 0.6) is 5.75 Å². The van der Waals surface area contributed by atoms with Crippen LogP contribution in [0.3, 0.4) is 0 Å². The minimum Gasteiger partial charge on any atom is -0.494 e. The van der Waals surface area contributed by atoms with Crippen LogP contribution in [0, 0.1) is 5.82 Å². The molecule has 2 aromatic rings. The monoisotopic (exact) mass is 266 g/mol. The summed E-state index contributed by atoms with van der Waals surface area (Å²) in [6.45, 7) is 0. The molecular weight excluding hydrogens is 251 g/mol. The summed E-state index contributed by atoms with van der Waals surface area (Å²) in [6, 6.07) is 2.18. The van der Waals surface area contributed by atoms with E-state index in [-0.39, 0.29) is 5.75 Å². The van der Waals surface area contributed by atoms with Crippen LogP contribution in [0.1, 0.15) is 5.56 Å². The number of benzene rings is 1. The fraction of sp³-hybridized carbons (Fsp3) is 0.308. The lowest BCUT2D eigenvalue weighted by Gasteiger charge is -2.08. The van der Waals surface area contributed by atoms with Crippen molar-refractivity contribution in [2.24, 2.45) is 5.73 Å². The van der Waals surface area contributed by atoms with Crippen LogP contribution in [-0.2, 0) is 16.0 Å². The summed E-state index contributed by atoms with van der Waals surface area (Å²) in [5, 5.41) is 0.776. The van der Waals surface area contributed by atoms with Crippen LogP contribution in [0.25, 0.3) is 10.9 Å². The third-order valence-corrected chi connectivity index (χ3v) is 2.98. The van der Waals surface area contributed by atoms with Gasteiger partial charge in [-0.2, -0.15) is 0 Å². The first-order valence-corrected chi connectivity index (χ1v) is 5.73. The molecule has 102 valence electrons. The predicted octanol–water partition coefficient (Wildman–Crippen LogP) is 1.36. The van der Waals surface area contributed by atoms with Gasteiger partial charge < -0.3 is 20.2 Å². The Morgan fingerprint density at radius 1 is 1.47 bits per heavy atom. The van der Waals surface area contributed by atoms with Gasteiger partial charge in [-0.15, -0.1) is 0 Å². The number of ether oxygens (including phenoxy) is 2. The highest BCUT2D eigenvalue weighted by molar-refractivity contribution is 5.86. The van der Waals surface area contributed by atoms with Gasteiger partial charge in [-0.1, -0.05) is 0 Å². The fourth-order valence-electron chi connectivity index (χ4n) is 1.98. The third-order valence-electron chi connectivity index (χ3n) is 2.98. The van der Waals surface area contributed by atoms with Gasteiger partial charge in [0.1, 0.15) is 6.04 Å². The van der Waals surface area contributed by atoms with Gasteiger partial charge in [0.2, 0.25) is 0 Å². The van der Waals surface area contributed by atoms with E-state index >= 15 is 0 Å². The van der Waals surface area contributed by atoms with Crippen molar-refractivity contribution in [1.29, 1.82) is 0 Å². The van der Waals surface area contributed by atoms with Crippen molar-refractivity contribution >= 4 is 16.9 Å². The molecule has 19 heavy (non-hydrogen) atoms. The largest absolute Gasteiger partial charge is 0.494 e. The van der Waals surface area contributed by atoms with Gasteiger partial charge in [0.05, 0.1) is 14.2 Å². The van der Waals surface area contributed by atoms with Gasteiger partial charge in [0.25, 0.3) is 0 Å². The summed E-state index contributed by atoms with van der Waals surface area (Å²) in [6.07, 6.45) is 2.01. The molecule has 0 aliphatic heterocycles. The molecule has 0 bridgehead atoms. The number of nitrogens with one attached hydrogen (secondary N) is 1. The second-order valence-electron chi connectivity index (χ2n) is 4.18. The van der Waals surface area contributed by atoms with Crippen molar-refractivity contribution in [3.05, 3.63) is 29.7 Å². The molecule has 0 amide bonds. The van der Waals surface area contributed by atoms with Gasteiger partial charge in [0, 0.05) is 29.6 Å². The molecular formula is C13H15FN2O3. The second kappa shape index (κ2) is 5.27. The van der Waals surface area contributed by atoms with E-state index in [1.165, 1.54) is 20.3 Å². The molecule has 0 saturated carbocycles. The highest BCUT2D eigenvalue weighted by atomic mass is 19.1. The van der Waals surface area contributed by atoms with Crippen LogP contribution >= 0.6 is 0 Å². The Bertz CT molecular complexity index is 609. The quantitative estimate of drug-likeness (QED) is 0.819. The first kappa shape index (κ1) is 13.4. The van der Waals surface area contributed by atoms with Crippen LogP contribution in [0.15, 0.2) is 18.3 Å². The summed E-state index contributed by atoms with van der Waals surface area (Å²) in [5.41, 5.74) is 7.16. The van der Waals surface area contributed by atoms with E-state index in [1.54, 1.807) is 12.3 Å². The van der Waals surface area contributed by atoms with Crippen LogP contribution < -0.4 is 10.5 Å². The first-order chi connectivity index (χ1) is 9.06. The number of fused-ring (bicyclic) bond motifs is 1. The Labute approximate surface area is 109 Å². The minimum absolute atomic E-state index is 0.153. The van der Waals surface area contributed by atoms with Crippen molar-refractivity contribution in [2.45, 2.75) is 12.5 Å². The molecule has 0 fully saturated rings. The molecule has 1 aromatic heterocycles. The number of aromatic amines is 1. The lowest BCUT2D eigenvalue weighted by atomic mass is 10.1. The molecule has 6 heteroatoms.